The third kappa shape index (κ3) is 5.07. The number of anilines is 1. The van der Waals surface area contributed by atoms with Gasteiger partial charge in [-0.2, -0.15) is 0 Å². The molecule has 1 heterocycles. The Morgan fingerprint density at radius 2 is 1.81 bits per heavy atom. The number of benzene rings is 2. The van der Waals surface area contributed by atoms with Crippen molar-refractivity contribution in [1.29, 1.82) is 0 Å². The number of methoxy groups -OCH3 is 1. The first-order valence-corrected chi connectivity index (χ1v) is 8.70. The van der Waals surface area contributed by atoms with Gasteiger partial charge in [-0.25, -0.2) is 0 Å². The molecule has 2 aromatic carbocycles. The summed E-state index contributed by atoms with van der Waals surface area (Å²) < 4.78 is 11.2. The molecule has 138 valence electrons. The minimum Gasteiger partial charge on any atom is -0.493 e. The first-order valence-electron chi connectivity index (χ1n) is 8.70. The van der Waals surface area contributed by atoms with Crippen molar-refractivity contribution in [3.8, 4) is 11.5 Å². The van der Waals surface area contributed by atoms with Gasteiger partial charge in [0.25, 0.3) is 0 Å². The minimum atomic E-state index is -0.0745. The van der Waals surface area contributed by atoms with E-state index < -0.39 is 0 Å². The number of nitrogens with one attached hydrogen (secondary N) is 1. The molecule has 3 aromatic rings. The first kappa shape index (κ1) is 18.5. The Labute approximate surface area is 159 Å². The number of hydrogen-bond acceptors (Lipinski definition) is 4. The summed E-state index contributed by atoms with van der Waals surface area (Å²) >= 11 is 0. The summed E-state index contributed by atoms with van der Waals surface area (Å²) in [5.41, 5.74) is 3.78. The molecule has 0 unspecified atom stereocenters. The molecule has 0 spiro atoms. The Bertz CT molecular complexity index is 910. The van der Waals surface area contributed by atoms with Crippen LogP contribution >= 0.6 is 0 Å². The summed E-state index contributed by atoms with van der Waals surface area (Å²) in [5, 5.41) is 2.92. The number of carbonyl (C=O) groups excluding carboxylic acids is 1. The number of pyridine rings is 1. The minimum absolute atomic E-state index is 0.0745. The molecule has 1 N–H and O–H groups in total. The second-order valence-electron chi connectivity index (χ2n) is 6.16. The SMILES string of the molecule is COc1ccc(NC(=O)Cc2ccccc2C)cc1OCc1ccncc1. The van der Waals surface area contributed by atoms with Crippen molar-refractivity contribution in [3.63, 3.8) is 0 Å². The molecular weight excluding hydrogens is 340 g/mol. The number of rotatable bonds is 7. The largest absolute Gasteiger partial charge is 0.493 e. The van der Waals surface area contributed by atoms with Crippen LogP contribution in [0.1, 0.15) is 16.7 Å². The third-order valence-electron chi connectivity index (χ3n) is 4.20. The lowest BCUT2D eigenvalue weighted by atomic mass is 10.1. The number of hydrogen-bond donors (Lipinski definition) is 1. The summed E-state index contributed by atoms with van der Waals surface area (Å²) in [6, 6.07) is 17.0. The normalized spacial score (nSPS) is 10.3. The van der Waals surface area contributed by atoms with Crippen molar-refractivity contribution in [2.24, 2.45) is 0 Å². The van der Waals surface area contributed by atoms with Crippen LogP contribution in [0.4, 0.5) is 5.69 Å². The van der Waals surface area contributed by atoms with Gasteiger partial charge in [0, 0.05) is 24.1 Å². The molecule has 0 saturated heterocycles. The third-order valence-corrected chi connectivity index (χ3v) is 4.20. The van der Waals surface area contributed by atoms with E-state index in [4.69, 9.17) is 9.47 Å². The number of aromatic nitrogens is 1. The highest BCUT2D eigenvalue weighted by Gasteiger charge is 2.10. The smallest absolute Gasteiger partial charge is 0.228 e. The van der Waals surface area contributed by atoms with Crippen molar-refractivity contribution < 1.29 is 14.3 Å². The maximum Gasteiger partial charge on any atom is 0.228 e. The number of nitrogens with zero attached hydrogens (tertiary/aromatic N) is 1. The average molecular weight is 362 g/mol. The summed E-state index contributed by atoms with van der Waals surface area (Å²) in [4.78, 5) is 16.4. The van der Waals surface area contributed by atoms with Gasteiger partial charge in [-0.1, -0.05) is 24.3 Å². The topological polar surface area (TPSA) is 60.5 Å². The van der Waals surface area contributed by atoms with Gasteiger partial charge < -0.3 is 14.8 Å². The van der Waals surface area contributed by atoms with Crippen LogP contribution in [0, 0.1) is 6.92 Å². The number of amides is 1. The van der Waals surface area contributed by atoms with Gasteiger partial charge in [0.1, 0.15) is 6.61 Å². The van der Waals surface area contributed by atoms with Gasteiger partial charge in [-0.15, -0.1) is 0 Å². The number of carbonyl (C=O) groups is 1. The van der Waals surface area contributed by atoms with Gasteiger partial charge in [-0.3, -0.25) is 9.78 Å². The highest BCUT2D eigenvalue weighted by Crippen LogP contribution is 2.31. The predicted molar refractivity (Wildman–Crippen MR) is 105 cm³/mol. The van der Waals surface area contributed by atoms with Crippen LogP contribution < -0.4 is 14.8 Å². The molecule has 0 radical (unpaired) electrons. The molecule has 0 aliphatic rings. The molecule has 0 aliphatic carbocycles. The second kappa shape index (κ2) is 8.85. The Kier molecular flexibility index (Phi) is 6.05. The van der Waals surface area contributed by atoms with E-state index in [1.54, 1.807) is 37.7 Å². The molecule has 0 aliphatic heterocycles. The molecule has 1 amide bonds. The Morgan fingerprint density at radius 3 is 2.56 bits per heavy atom. The van der Waals surface area contributed by atoms with Crippen molar-refractivity contribution in [2.75, 3.05) is 12.4 Å². The highest BCUT2D eigenvalue weighted by molar-refractivity contribution is 5.92. The van der Waals surface area contributed by atoms with E-state index in [0.717, 1.165) is 16.7 Å². The molecule has 0 bridgehead atoms. The summed E-state index contributed by atoms with van der Waals surface area (Å²) in [5.74, 6) is 1.11. The van der Waals surface area contributed by atoms with E-state index in [0.29, 0.717) is 30.2 Å². The second-order valence-corrected chi connectivity index (χ2v) is 6.16. The lowest BCUT2D eigenvalue weighted by Crippen LogP contribution is -2.15. The molecule has 1 aromatic heterocycles. The maximum absolute atomic E-state index is 12.4. The molecule has 0 atom stereocenters. The monoisotopic (exact) mass is 362 g/mol. The van der Waals surface area contributed by atoms with Crippen LogP contribution in [0.2, 0.25) is 0 Å². The fourth-order valence-corrected chi connectivity index (χ4v) is 2.69. The van der Waals surface area contributed by atoms with E-state index >= 15 is 0 Å². The molecule has 0 saturated carbocycles. The Balaban J connectivity index is 1.68. The van der Waals surface area contributed by atoms with E-state index in [2.05, 4.69) is 10.3 Å². The van der Waals surface area contributed by atoms with Gasteiger partial charge in [0.2, 0.25) is 5.91 Å². The standard InChI is InChI=1S/C22H22N2O3/c1-16-5-3-4-6-18(16)13-22(25)24-19-7-8-20(26-2)21(14-19)27-15-17-9-11-23-12-10-17/h3-12,14H,13,15H2,1-2H3,(H,24,25). The Hall–Kier alpha value is -3.34. The van der Waals surface area contributed by atoms with Gasteiger partial charge in [0.05, 0.1) is 13.5 Å². The van der Waals surface area contributed by atoms with E-state index in [-0.39, 0.29) is 5.91 Å². The number of aryl methyl sites for hydroxylation is 1. The fraction of sp³-hybridized carbons (Fsp3) is 0.182. The van der Waals surface area contributed by atoms with Crippen LogP contribution in [-0.4, -0.2) is 18.0 Å². The van der Waals surface area contributed by atoms with E-state index in [9.17, 15) is 4.79 Å². The first-order chi connectivity index (χ1) is 13.2. The molecule has 5 heteroatoms. The van der Waals surface area contributed by atoms with Gasteiger partial charge >= 0.3 is 0 Å². The van der Waals surface area contributed by atoms with Crippen molar-refractivity contribution in [1.82, 2.24) is 4.98 Å². The lowest BCUT2D eigenvalue weighted by Gasteiger charge is -2.13. The van der Waals surface area contributed by atoms with E-state index in [1.165, 1.54) is 0 Å². The zero-order valence-corrected chi connectivity index (χ0v) is 15.4. The van der Waals surface area contributed by atoms with Gasteiger partial charge in [0.15, 0.2) is 11.5 Å². The summed E-state index contributed by atoms with van der Waals surface area (Å²) in [6.07, 6.45) is 3.77. The molecule has 0 fully saturated rings. The van der Waals surface area contributed by atoms with Crippen LogP contribution in [0.25, 0.3) is 0 Å². The van der Waals surface area contributed by atoms with Crippen molar-refractivity contribution in [2.45, 2.75) is 20.0 Å². The molecule has 27 heavy (non-hydrogen) atoms. The van der Waals surface area contributed by atoms with Crippen LogP contribution in [0.3, 0.4) is 0 Å². The summed E-state index contributed by atoms with van der Waals surface area (Å²) in [6.45, 7) is 2.39. The summed E-state index contributed by atoms with van der Waals surface area (Å²) in [7, 11) is 1.59. The zero-order chi connectivity index (χ0) is 19.1. The van der Waals surface area contributed by atoms with Crippen LogP contribution in [0.15, 0.2) is 67.0 Å². The lowest BCUT2D eigenvalue weighted by molar-refractivity contribution is -0.115. The van der Waals surface area contributed by atoms with Gasteiger partial charge in [-0.05, 0) is 47.9 Å². The molecular formula is C22H22N2O3. The highest BCUT2D eigenvalue weighted by atomic mass is 16.5. The predicted octanol–water partition coefficient (Wildman–Crippen LogP) is 4.16. The maximum atomic E-state index is 12.4. The van der Waals surface area contributed by atoms with Crippen LogP contribution in [-0.2, 0) is 17.8 Å². The fourth-order valence-electron chi connectivity index (χ4n) is 2.69. The van der Waals surface area contributed by atoms with Crippen molar-refractivity contribution in [3.05, 3.63) is 83.7 Å². The molecule has 3 rings (SSSR count). The van der Waals surface area contributed by atoms with Crippen LogP contribution in [0.5, 0.6) is 11.5 Å². The van der Waals surface area contributed by atoms with Crippen molar-refractivity contribution >= 4 is 11.6 Å². The molecule has 5 nitrogen and oxygen atoms in total. The number of ether oxygens (including phenoxy) is 2. The average Bonchev–Trinajstić information content (AvgIpc) is 2.69. The zero-order valence-electron chi connectivity index (χ0n) is 15.4. The Morgan fingerprint density at radius 1 is 1.04 bits per heavy atom. The quantitative estimate of drug-likeness (QED) is 0.686. The van der Waals surface area contributed by atoms with E-state index in [1.807, 2.05) is 43.3 Å².